The molecule has 0 atom stereocenters. The minimum absolute atomic E-state index is 0.253. The average Bonchev–Trinajstić information content (AvgIpc) is 2.46. The van der Waals surface area contributed by atoms with Crippen LogP contribution in [-0.2, 0) is 10.0 Å². The lowest BCUT2D eigenvalue weighted by atomic mass is 9.98. The number of hydrogen-bond donors (Lipinski definition) is 1. The molecular weight excluding hydrogens is 356 g/mol. The predicted molar refractivity (Wildman–Crippen MR) is 86.1 cm³/mol. The number of halogens is 1. The first kappa shape index (κ1) is 16.7. The zero-order valence-corrected chi connectivity index (χ0v) is 14.7. The zero-order valence-electron chi connectivity index (χ0n) is 12.3. The predicted octanol–water partition coefficient (Wildman–Crippen LogP) is 2.08. The number of nitrogens with zero attached hydrogens (tertiary/aromatic N) is 1. The molecule has 0 saturated carbocycles. The first-order chi connectivity index (χ1) is 9.92. The minimum Gasteiger partial charge on any atom is -0.496 e. The van der Waals surface area contributed by atoms with Gasteiger partial charge in [-0.25, -0.2) is 13.1 Å². The second-order valence-electron chi connectivity index (χ2n) is 5.39. The number of piperidine rings is 1. The van der Waals surface area contributed by atoms with Crippen LogP contribution < -0.4 is 9.46 Å². The third-order valence-electron chi connectivity index (χ3n) is 3.83. The maximum absolute atomic E-state index is 12.3. The molecule has 118 valence electrons. The van der Waals surface area contributed by atoms with E-state index < -0.39 is 10.0 Å². The summed E-state index contributed by atoms with van der Waals surface area (Å²) in [5.74, 6) is 1.03. The van der Waals surface area contributed by atoms with Gasteiger partial charge in [0.15, 0.2) is 0 Å². The molecule has 1 aromatic rings. The van der Waals surface area contributed by atoms with Gasteiger partial charge in [0.05, 0.1) is 16.5 Å². The first-order valence-electron chi connectivity index (χ1n) is 6.94. The van der Waals surface area contributed by atoms with Crippen LogP contribution in [-0.4, -0.2) is 47.1 Å². The second kappa shape index (κ2) is 7.09. The van der Waals surface area contributed by atoms with Crippen molar-refractivity contribution in [3.8, 4) is 5.75 Å². The molecule has 1 fully saturated rings. The van der Waals surface area contributed by atoms with Gasteiger partial charge < -0.3 is 9.64 Å². The highest BCUT2D eigenvalue weighted by molar-refractivity contribution is 9.10. The Labute approximate surface area is 134 Å². The number of methoxy groups -OCH3 is 1. The van der Waals surface area contributed by atoms with E-state index in [1.807, 2.05) is 0 Å². The van der Waals surface area contributed by atoms with Crippen LogP contribution in [0.5, 0.6) is 5.75 Å². The molecule has 0 aromatic heterocycles. The van der Waals surface area contributed by atoms with Crippen molar-refractivity contribution in [1.29, 1.82) is 0 Å². The monoisotopic (exact) mass is 376 g/mol. The molecule has 7 heteroatoms. The normalized spacial score (nSPS) is 17.9. The number of likely N-dealkylation sites (tertiary alicyclic amines) is 1. The molecule has 1 aliphatic heterocycles. The zero-order chi connectivity index (χ0) is 15.5. The molecular formula is C14H21BrN2O3S. The van der Waals surface area contributed by atoms with Crippen LogP contribution in [0.15, 0.2) is 27.6 Å². The summed E-state index contributed by atoms with van der Waals surface area (Å²) in [6.07, 6.45) is 2.07. The van der Waals surface area contributed by atoms with Gasteiger partial charge in [0.25, 0.3) is 0 Å². The fourth-order valence-electron chi connectivity index (χ4n) is 2.39. The lowest BCUT2D eigenvalue weighted by molar-refractivity contribution is 0.220. The number of benzene rings is 1. The topological polar surface area (TPSA) is 58.6 Å². The Morgan fingerprint density at radius 1 is 1.38 bits per heavy atom. The highest BCUT2D eigenvalue weighted by Gasteiger charge is 2.21. The number of ether oxygens (including phenoxy) is 1. The Kier molecular flexibility index (Phi) is 5.65. The highest BCUT2D eigenvalue weighted by atomic mass is 79.9. The summed E-state index contributed by atoms with van der Waals surface area (Å²) < 4.78 is 33.1. The van der Waals surface area contributed by atoms with Crippen LogP contribution in [0.3, 0.4) is 0 Å². The number of nitrogens with one attached hydrogen (secondary N) is 1. The van der Waals surface area contributed by atoms with Gasteiger partial charge in [-0.05, 0) is 73.0 Å². The van der Waals surface area contributed by atoms with Crippen molar-refractivity contribution >= 4 is 26.0 Å². The summed E-state index contributed by atoms with van der Waals surface area (Å²) in [4.78, 5) is 2.52. The van der Waals surface area contributed by atoms with Crippen LogP contribution >= 0.6 is 15.9 Å². The third-order valence-corrected chi connectivity index (χ3v) is 5.87. The van der Waals surface area contributed by atoms with E-state index in [-0.39, 0.29) is 4.90 Å². The van der Waals surface area contributed by atoms with Gasteiger partial charge in [-0.3, -0.25) is 0 Å². The fourth-order valence-corrected chi connectivity index (χ4v) is 4.23. The van der Waals surface area contributed by atoms with Gasteiger partial charge in [0.1, 0.15) is 5.75 Å². The quantitative estimate of drug-likeness (QED) is 0.854. The van der Waals surface area contributed by atoms with Gasteiger partial charge in [-0.2, -0.15) is 0 Å². The van der Waals surface area contributed by atoms with Gasteiger partial charge in [0, 0.05) is 6.54 Å². The number of hydrogen-bond acceptors (Lipinski definition) is 4. The fraction of sp³-hybridized carbons (Fsp3) is 0.571. The smallest absolute Gasteiger partial charge is 0.240 e. The van der Waals surface area contributed by atoms with Crippen LogP contribution in [0.4, 0.5) is 0 Å². The van der Waals surface area contributed by atoms with Crippen molar-refractivity contribution in [1.82, 2.24) is 9.62 Å². The molecule has 0 bridgehead atoms. The van der Waals surface area contributed by atoms with E-state index >= 15 is 0 Å². The molecule has 21 heavy (non-hydrogen) atoms. The lowest BCUT2D eigenvalue weighted by Gasteiger charge is -2.28. The summed E-state index contributed by atoms with van der Waals surface area (Å²) in [6, 6.07) is 4.77. The van der Waals surface area contributed by atoms with Crippen LogP contribution in [0, 0.1) is 5.92 Å². The van der Waals surface area contributed by atoms with Gasteiger partial charge >= 0.3 is 0 Å². The second-order valence-corrected chi connectivity index (χ2v) is 8.02. The number of sulfonamides is 1. The molecule has 2 rings (SSSR count). The average molecular weight is 377 g/mol. The minimum atomic E-state index is -3.47. The Morgan fingerprint density at radius 2 is 2.05 bits per heavy atom. The SMILES string of the molecule is COc1ccc(S(=O)(=O)NCC2CCN(C)CC2)cc1Br. The molecule has 1 saturated heterocycles. The van der Waals surface area contributed by atoms with Crippen LogP contribution in [0.25, 0.3) is 0 Å². The third kappa shape index (κ3) is 4.42. The van der Waals surface area contributed by atoms with Crippen molar-refractivity contribution in [2.45, 2.75) is 17.7 Å². The Morgan fingerprint density at radius 3 is 2.62 bits per heavy atom. The summed E-state index contributed by atoms with van der Waals surface area (Å²) in [6.45, 7) is 2.56. The van der Waals surface area contributed by atoms with Gasteiger partial charge in [-0.1, -0.05) is 0 Å². The van der Waals surface area contributed by atoms with Crippen LogP contribution in [0.2, 0.25) is 0 Å². The lowest BCUT2D eigenvalue weighted by Crippen LogP contribution is -2.36. The summed E-state index contributed by atoms with van der Waals surface area (Å²) in [7, 11) is 0.171. The number of rotatable bonds is 5. The highest BCUT2D eigenvalue weighted by Crippen LogP contribution is 2.27. The van der Waals surface area contributed by atoms with Crippen molar-refractivity contribution in [2.75, 3.05) is 33.8 Å². The maximum Gasteiger partial charge on any atom is 0.240 e. The summed E-state index contributed by atoms with van der Waals surface area (Å²) >= 11 is 3.31. The van der Waals surface area contributed by atoms with Crippen molar-refractivity contribution in [3.63, 3.8) is 0 Å². The van der Waals surface area contributed by atoms with E-state index in [2.05, 4.69) is 32.6 Å². The molecule has 1 heterocycles. The molecule has 5 nitrogen and oxygen atoms in total. The molecule has 0 spiro atoms. The molecule has 1 aromatic carbocycles. The largest absolute Gasteiger partial charge is 0.496 e. The maximum atomic E-state index is 12.3. The van der Waals surface area contributed by atoms with Gasteiger partial charge in [0.2, 0.25) is 10.0 Å². The summed E-state index contributed by atoms with van der Waals surface area (Å²) in [5.41, 5.74) is 0. The standard InChI is InChI=1S/C14H21BrN2O3S/c1-17-7-5-11(6-8-17)10-16-21(18,19)12-3-4-14(20-2)13(15)9-12/h3-4,9,11,16H,5-8,10H2,1-2H3. The van der Waals surface area contributed by atoms with E-state index in [9.17, 15) is 8.42 Å². The van der Waals surface area contributed by atoms with Crippen molar-refractivity contribution in [3.05, 3.63) is 22.7 Å². The molecule has 0 aliphatic carbocycles. The van der Waals surface area contributed by atoms with E-state index in [0.29, 0.717) is 22.7 Å². The first-order valence-corrected chi connectivity index (χ1v) is 9.22. The molecule has 1 N–H and O–H groups in total. The molecule has 0 radical (unpaired) electrons. The van der Waals surface area contributed by atoms with E-state index in [4.69, 9.17) is 4.74 Å². The van der Waals surface area contributed by atoms with E-state index in [0.717, 1.165) is 25.9 Å². The van der Waals surface area contributed by atoms with E-state index in [1.54, 1.807) is 25.3 Å². The Balaban J connectivity index is 2.00. The Bertz CT molecular complexity index is 584. The van der Waals surface area contributed by atoms with Crippen molar-refractivity contribution < 1.29 is 13.2 Å². The molecule has 0 amide bonds. The Hall–Kier alpha value is -0.630. The summed E-state index contributed by atoms with van der Waals surface area (Å²) in [5, 5.41) is 0. The molecule has 0 unspecified atom stereocenters. The molecule has 1 aliphatic rings. The van der Waals surface area contributed by atoms with Crippen molar-refractivity contribution in [2.24, 2.45) is 5.92 Å². The van der Waals surface area contributed by atoms with E-state index in [1.165, 1.54) is 0 Å². The van der Waals surface area contributed by atoms with Gasteiger partial charge in [-0.15, -0.1) is 0 Å². The van der Waals surface area contributed by atoms with Crippen LogP contribution in [0.1, 0.15) is 12.8 Å².